The van der Waals surface area contributed by atoms with E-state index in [9.17, 15) is 19.5 Å². The van der Waals surface area contributed by atoms with Crippen molar-refractivity contribution in [2.75, 3.05) is 11.4 Å². The standard InChI is InChI=1S/C15H15N3O4S/c1-8-7-23-15(12(8)13(17)21)18(6-11(16)20)14(22)9-4-2-3-5-10(9)19/h2-5,7,19H,6H2,1H3,(H2,16,20)(H2,17,21). The maximum atomic E-state index is 12.7. The first-order valence-electron chi connectivity index (χ1n) is 6.59. The number of thiophene rings is 1. The molecule has 7 nitrogen and oxygen atoms in total. The van der Waals surface area contributed by atoms with Crippen molar-refractivity contribution in [3.8, 4) is 5.75 Å². The van der Waals surface area contributed by atoms with E-state index >= 15 is 0 Å². The SMILES string of the molecule is Cc1csc(N(CC(N)=O)C(=O)c2ccccc2O)c1C(N)=O. The summed E-state index contributed by atoms with van der Waals surface area (Å²) in [6, 6.07) is 5.90. The Balaban J connectivity index is 2.55. The number of carbonyl (C=O) groups is 3. The maximum Gasteiger partial charge on any atom is 0.263 e. The van der Waals surface area contributed by atoms with E-state index in [4.69, 9.17) is 11.5 Å². The van der Waals surface area contributed by atoms with Gasteiger partial charge in [-0.1, -0.05) is 12.1 Å². The van der Waals surface area contributed by atoms with Gasteiger partial charge in [-0.2, -0.15) is 0 Å². The van der Waals surface area contributed by atoms with E-state index < -0.39 is 24.3 Å². The zero-order chi connectivity index (χ0) is 17.1. The van der Waals surface area contributed by atoms with Crippen LogP contribution in [0.25, 0.3) is 0 Å². The molecule has 0 saturated heterocycles. The van der Waals surface area contributed by atoms with Crippen molar-refractivity contribution in [1.82, 2.24) is 0 Å². The summed E-state index contributed by atoms with van der Waals surface area (Å²) in [4.78, 5) is 36.7. The number of hydrogen-bond donors (Lipinski definition) is 3. The lowest BCUT2D eigenvalue weighted by Crippen LogP contribution is -2.39. The summed E-state index contributed by atoms with van der Waals surface area (Å²) in [6.45, 7) is 1.24. The summed E-state index contributed by atoms with van der Waals surface area (Å²) in [5.74, 6) is -2.35. The average Bonchev–Trinajstić information content (AvgIpc) is 2.86. The summed E-state index contributed by atoms with van der Waals surface area (Å²) >= 11 is 1.10. The van der Waals surface area contributed by atoms with E-state index in [2.05, 4.69) is 0 Å². The Morgan fingerprint density at radius 2 is 1.87 bits per heavy atom. The minimum absolute atomic E-state index is 0.00442. The van der Waals surface area contributed by atoms with Gasteiger partial charge in [0.05, 0.1) is 11.1 Å². The molecule has 2 rings (SSSR count). The largest absolute Gasteiger partial charge is 0.507 e. The number of carbonyl (C=O) groups excluding carboxylic acids is 3. The topological polar surface area (TPSA) is 127 Å². The predicted octanol–water partition coefficient (Wildman–Crippen LogP) is 0.993. The molecule has 120 valence electrons. The van der Waals surface area contributed by atoms with E-state index in [1.54, 1.807) is 24.4 Å². The lowest BCUT2D eigenvalue weighted by Gasteiger charge is -2.21. The highest BCUT2D eigenvalue weighted by atomic mass is 32.1. The van der Waals surface area contributed by atoms with Crippen LogP contribution < -0.4 is 16.4 Å². The number of hydrogen-bond acceptors (Lipinski definition) is 5. The highest BCUT2D eigenvalue weighted by molar-refractivity contribution is 7.15. The third-order valence-electron chi connectivity index (χ3n) is 3.14. The van der Waals surface area contributed by atoms with Gasteiger partial charge in [-0.3, -0.25) is 19.3 Å². The molecule has 0 atom stereocenters. The van der Waals surface area contributed by atoms with Gasteiger partial charge >= 0.3 is 0 Å². The molecular weight excluding hydrogens is 318 g/mol. The molecule has 0 aliphatic rings. The Labute approximate surface area is 136 Å². The maximum absolute atomic E-state index is 12.7. The van der Waals surface area contributed by atoms with Crippen LogP contribution in [-0.2, 0) is 4.79 Å². The van der Waals surface area contributed by atoms with Crippen LogP contribution in [0, 0.1) is 6.92 Å². The van der Waals surface area contributed by atoms with Crippen LogP contribution in [-0.4, -0.2) is 29.4 Å². The summed E-state index contributed by atoms with van der Waals surface area (Å²) in [7, 11) is 0. The summed E-state index contributed by atoms with van der Waals surface area (Å²) in [6.07, 6.45) is 0. The number of anilines is 1. The number of aromatic hydroxyl groups is 1. The molecule has 8 heteroatoms. The van der Waals surface area contributed by atoms with Gasteiger partial charge in [0.15, 0.2) is 0 Å². The van der Waals surface area contributed by atoms with Crippen LogP contribution in [0.3, 0.4) is 0 Å². The Morgan fingerprint density at radius 3 is 2.43 bits per heavy atom. The highest BCUT2D eigenvalue weighted by Gasteiger charge is 2.27. The normalized spacial score (nSPS) is 10.3. The first-order valence-corrected chi connectivity index (χ1v) is 7.47. The number of nitrogens with zero attached hydrogens (tertiary/aromatic N) is 1. The molecule has 0 radical (unpaired) electrons. The molecule has 2 aromatic rings. The molecule has 1 aromatic heterocycles. The van der Waals surface area contributed by atoms with Gasteiger partial charge in [-0.25, -0.2) is 0 Å². The summed E-state index contributed by atoms with van der Waals surface area (Å²) < 4.78 is 0. The quantitative estimate of drug-likeness (QED) is 0.754. The van der Waals surface area contributed by atoms with E-state index in [-0.39, 0.29) is 21.9 Å². The number of para-hydroxylation sites is 1. The molecule has 5 N–H and O–H groups in total. The molecule has 0 unspecified atom stereocenters. The fourth-order valence-electron chi connectivity index (χ4n) is 2.12. The van der Waals surface area contributed by atoms with Crippen molar-refractivity contribution in [3.05, 3.63) is 46.3 Å². The molecular formula is C15H15N3O4S. The first-order chi connectivity index (χ1) is 10.8. The van der Waals surface area contributed by atoms with Gasteiger partial charge in [-0.05, 0) is 30.0 Å². The molecule has 0 aliphatic heterocycles. The minimum Gasteiger partial charge on any atom is -0.507 e. The number of primary amides is 2. The van der Waals surface area contributed by atoms with Gasteiger partial charge < -0.3 is 16.6 Å². The molecule has 0 spiro atoms. The third kappa shape index (κ3) is 3.32. The third-order valence-corrected chi connectivity index (χ3v) is 4.26. The van der Waals surface area contributed by atoms with E-state index in [0.29, 0.717) is 5.56 Å². The molecule has 0 aliphatic carbocycles. The van der Waals surface area contributed by atoms with Crippen molar-refractivity contribution in [1.29, 1.82) is 0 Å². The first kappa shape index (κ1) is 16.5. The Bertz CT molecular complexity index is 785. The van der Waals surface area contributed by atoms with E-state index in [1.807, 2.05) is 0 Å². The van der Waals surface area contributed by atoms with Gasteiger partial charge in [0.1, 0.15) is 17.3 Å². The molecule has 23 heavy (non-hydrogen) atoms. The number of amides is 3. The number of nitrogens with two attached hydrogens (primary N) is 2. The highest BCUT2D eigenvalue weighted by Crippen LogP contribution is 2.33. The second-order valence-electron chi connectivity index (χ2n) is 4.84. The second-order valence-corrected chi connectivity index (χ2v) is 5.70. The van der Waals surface area contributed by atoms with Gasteiger partial charge in [0, 0.05) is 0 Å². The van der Waals surface area contributed by atoms with Crippen molar-refractivity contribution < 1.29 is 19.5 Å². The molecule has 0 saturated carbocycles. The van der Waals surface area contributed by atoms with E-state index in [1.165, 1.54) is 12.1 Å². The number of phenols is 1. The Kier molecular flexibility index (Phi) is 4.65. The van der Waals surface area contributed by atoms with Crippen molar-refractivity contribution in [2.24, 2.45) is 11.5 Å². The monoisotopic (exact) mass is 333 g/mol. The number of rotatable bonds is 5. The van der Waals surface area contributed by atoms with Crippen molar-refractivity contribution in [3.63, 3.8) is 0 Å². The minimum atomic E-state index is -0.754. The molecule has 1 heterocycles. The van der Waals surface area contributed by atoms with Crippen LogP contribution in [0.5, 0.6) is 5.75 Å². The summed E-state index contributed by atoms with van der Waals surface area (Å²) in [5, 5.41) is 11.7. The Morgan fingerprint density at radius 1 is 1.22 bits per heavy atom. The number of phenolic OH excluding ortho intramolecular Hbond substituents is 1. The molecule has 1 aromatic carbocycles. The number of benzene rings is 1. The average molecular weight is 333 g/mol. The Hall–Kier alpha value is -2.87. The van der Waals surface area contributed by atoms with Crippen LogP contribution in [0.4, 0.5) is 5.00 Å². The van der Waals surface area contributed by atoms with Crippen LogP contribution >= 0.6 is 11.3 Å². The zero-order valence-electron chi connectivity index (χ0n) is 12.3. The van der Waals surface area contributed by atoms with E-state index in [0.717, 1.165) is 16.2 Å². The van der Waals surface area contributed by atoms with Crippen molar-refractivity contribution in [2.45, 2.75) is 6.92 Å². The van der Waals surface area contributed by atoms with Crippen LogP contribution in [0.2, 0.25) is 0 Å². The fourth-order valence-corrected chi connectivity index (χ4v) is 3.18. The fraction of sp³-hybridized carbons (Fsp3) is 0.133. The lowest BCUT2D eigenvalue weighted by atomic mass is 10.1. The van der Waals surface area contributed by atoms with Crippen LogP contribution in [0.15, 0.2) is 29.6 Å². The van der Waals surface area contributed by atoms with Crippen molar-refractivity contribution >= 4 is 34.1 Å². The summed E-state index contributed by atoms with van der Waals surface area (Å²) in [5.41, 5.74) is 11.3. The zero-order valence-corrected chi connectivity index (χ0v) is 13.1. The predicted molar refractivity (Wildman–Crippen MR) is 86.6 cm³/mol. The molecule has 0 bridgehead atoms. The number of aryl methyl sites for hydroxylation is 1. The van der Waals surface area contributed by atoms with Gasteiger partial charge in [0.25, 0.3) is 11.8 Å². The molecule has 0 fully saturated rings. The smallest absolute Gasteiger partial charge is 0.263 e. The second kappa shape index (κ2) is 6.49. The van der Waals surface area contributed by atoms with Gasteiger partial charge in [0.2, 0.25) is 5.91 Å². The molecule has 3 amide bonds. The van der Waals surface area contributed by atoms with Gasteiger partial charge in [-0.15, -0.1) is 11.3 Å². The lowest BCUT2D eigenvalue weighted by molar-refractivity contribution is -0.116. The van der Waals surface area contributed by atoms with Crippen LogP contribution in [0.1, 0.15) is 26.3 Å².